The molecular formula is C28H33N7O4. The van der Waals surface area contributed by atoms with Crippen LogP contribution in [0.2, 0.25) is 0 Å². The second-order valence-electron chi connectivity index (χ2n) is 9.66. The van der Waals surface area contributed by atoms with E-state index in [-0.39, 0.29) is 12.3 Å². The number of hydrazone groups is 1. The van der Waals surface area contributed by atoms with Crippen LogP contribution >= 0.6 is 0 Å². The van der Waals surface area contributed by atoms with Crippen molar-refractivity contribution in [3.63, 3.8) is 0 Å². The minimum atomic E-state index is -0.440. The van der Waals surface area contributed by atoms with Gasteiger partial charge in [0, 0.05) is 49.9 Å². The molecule has 204 valence electrons. The highest BCUT2D eigenvalue weighted by Crippen LogP contribution is 2.26. The Morgan fingerprint density at radius 2 is 1.64 bits per heavy atom. The molecule has 0 bridgehead atoms. The van der Waals surface area contributed by atoms with Crippen LogP contribution in [0, 0.1) is 17.0 Å². The second-order valence-corrected chi connectivity index (χ2v) is 9.66. The molecule has 1 aromatic heterocycles. The topological polar surface area (TPSA) is 118 Å². The van der Waals surface area contributed by atoms with Crippen molar-refractivity contribution in [3.05, 3.63) is 69.8 Å². The number of hydrogen-bond donors (Lipinski definition) is 1. The van der Waals surface area contributed by atoms with E-state index in [0.29, 0.717) is 29.7 Å². The van der Waals surface area contributed by atoms with Gasteiger partial charge < -0.3 is 19.3 Å². The van der Waals surface area contributed by atoms with Crippen LogP contribution in [0.3, 0.4) is 0 Å². The molecule has 0 aliphatic carbocycles. The molecule has 0 unspecified atom stereocenters. The standard InChI is InChI=1S/C28H33N7O4/c1-21-6-9-24(10-7-21)38-16-17-39-25-11-8-23(35(36)37)18-22(25)20-29-32-26-19-27(33-12-2-3-13-33)31-28(30-26)34-14-4-5-15-34/h6-11,18-20H,2-5,12-17H2,1H3,(H,30,31,32)/b29-20-. The van der Waals surface area contributed by atoms with E-state index in [1.165, 1.54) is 18.3 Å². The molecule has 11 nitrogen and oxygen atoms in total. The number of aryl methyl sites for hydroxylation is 1. The number of nitro benzene ring substituents is 1. The van der Waals surface area contributed by atoms with Gasteiger partial charge >= 0.3 is 0 Å². The van der Waals surface area contributed by atoms with E-state index in [9.17, 15) is 10.1 Å². The fourth-order valence-corrected chi connectivity index (χ4v) is 4.64. The van der Waals surface area contributed by atoms with Gasteiger partial charge in [-0.15, -0.1) is 0 Å². The number of anilines is 3. The summed E-state index contributed by atoms with van der Waals surface area (Å²) in [6, 6.07) is 14.1. The third-order valence-corrected chi connectivity index (χ3v) is 6.74. The molecule has 1 N–H and O–H groups in total. The Labute approximate surface area is 227 Å². The van der Waals surface area contributed by atoms with Crippen molar-refractivity contribution in [1.29, 1.82) is 0 Å². The normalized spacial score (nSPS) is 15.2. The SMILES string of the molecule is Cc1ccc(OCCOc2ccc([N+](=O)[O-])cc2/C=N\Nc2cc(N3CCCC3)nc(N3CCCC3)n2)cc1. The number of nitrogens with one attached hydrogen (secondary N) is 1. The van der Waals surface area contributed by atoms with Crippen molar-refractivity contribution in [1.82, 2.24) is 9.97 Å². The predicted octanol–water partition coefficient (Wildman–Crippen LogP) is 4.80. The van der Waals surface area contributed by atoms with E-state index < -0.39 is 4.92 Å². The first-order chi connectivity index (χ1) is 19.0. The molecule has 2 aliphatic rings. The lowest BCUT2D eigenvalue weighted by Gasteiger charge is -2.21. The molecule has 2 aromatic carbocycles. The summed E-state index contributed by atoms with van der Waals surface area (Å²) < 4.78 is 11.6. The lowest BCUT2D eigenvalue weighted by molar-refractivity contribution is -0.384. The van der Waals surface area contributed by atoms with Gasteiger partial charge in [-0.2, -0.15) is 15.1 Å². The predicted molar refractivity (Wildman–Crippen MR) is 151 cm³/mol. The quantitative estimate of drug-likeness (QED) is 0.161. The fourth-order valence-electron chi connectivity index (χ4n) is 4.64. The fraction of sp³-hybridized carbons (Fsp3) is 0.393. The van der Waals surface area contributed by atoms with Gasteiger partial charge in [-0.3, -0.25) is 15.5 Å². The lowest BCUT2D eigenvalue weighted by Crippen LogP contribution is -2.24. The highest BCUT2D eigenvalue weighted by molar-refractivity contribution is 5.85. The first-order valence-electron chi connectivity index (χ1n) is 13.3. The lowest BCUT2D eigenvalue weighted by atomic mass is 10.2. The number of rotatable bonds is 11. The van der Waals surface area contributed by atoms with Gasteiger partial charge in [0.15, 0.2) is 5.82 Å². The summed E-state index contributed by atoms with van der Waals surface area (Å²) in [5, 5.41) is 15.7. The first kappa shape index (κ1) is 26.2. The zero-order chi connectivity index (χ0) is 27.0. The summed E-state index contributed by atoms with van der Waals surface area (Å²) >= 11 is 0. The van der Waals surface area contributed by atoms with Crippen molar-refractivity contribution in [2.45, 2.75) is 32.6 Å². The van der Waals surface area contributed by atoms with Gasteiger partial charge in [-0.05, 0) is 50.8 Å². The van der Waals surface area contributed by atoms with E-state index in [4.69, 9.17) is 14.5 Å². The highest BCUT2D eigenvalue weighted by Gasteiger charge is 2.20. The largest absolute Gasteiger partial charge is 0.490 e. The number of benzene rings is 2. The Balaban J connectivity index is 1.29. The van der Waals surface area contributed by atoms with E-state index in [1.807, 2.05) is 37.3 Å². The van der Waals surface area contributed by atoms with Crippen molar-refractivity contribution >= 4 is 29.5 Å². The third kappa shape index (κ3) is 6.92. The summed E-state index contributed by atoms with van der Waals surface area (Å²) in [6.07, 6.45) is 6.06. The van der Waals surface area contributed by atoms with Crippen molar-refractivity contribution in [2.24, 2.45) is 5.10 Å². The molecular weight excluding hydrogens is 498 g/mol. The van der Waals surface area contributed by atoms with Gasteiger partial charge in [0.1, 0.15) is 30.5 Å². The maximum atomic E-state index is 11.4. The molecule has 39 heavy (non-hydrogen) atoms. The Morgan fingerprint density at radius 1 is 0.949 bits per heavy atom. The molecule has 0 spiro atoms. The smallest absolute Gasteiger partial charge is 0.270 e. The van der Waals surface area contributed by atoms with Crippen LogP contribution < -0.4 is 24.7 Å². The molecule has 3 aromatic rings. The molecule has 2 saturated heterocycles. The van der Waals surface area contributed by atoms with Gasteiger partial charge in [-0.25, -0.2) is 0 Å². The Hall–Kier alpha value is -4.41. The van der Waals surface area contributed by atoms with E-state index in [1.54, 1.807) is 6.07 Å². The molecule has 2 aliphatic heterocycles. The molecule has 0 saturated carbocycles. The summed E-state index contributed by atoms with van der Waals surface area (Å²) in [5.41, 5.74) is 4.59. The zero-order valence-electron chi connectivity index (χ0n) is 22.1. The molecule has 3 heterocycles. The maximum Gasteiger partial charge on any atom is 0.270 e. The average Bonchev–Trinajstić information content (AvgIpc) is 3.68. The van der Waals surface area contributed by atoms with Crippen LogP contribution in [0.15, 0.2) is 53.6 Å². The number of aromatic nitrogens is 2. The Morgan fingerprint density at radius 3 is 2.36 bits per heavy atom. The summed E-state index contributed by atoms with van der Waals surface area (Å²) in [6.45, 7) is 6.44. The van der Waals surface area contributed by atoms with Crippen molar-refractivity contribution < 1.29 is 14.4 Å². The van der Waals surface area contributed by atoms with Crippen LogP contribution in [-0.2, 0) is 0 Å². The number of ether oxygens (including phenoxy) is 2. The van der Waals surface area contributed by atoms with E-state index in [2.05, 4.69) is 25.3 Å². The third-order valence-electron chi connectivity index (χ3n) is 6.74. The van der Waals surface area contributed by atoms with Crippen LogP contribution in [0.4, 0.5) is 23.3 Å². The number of non-ortho nitro benzene ring substituents is 1. The van der Waals surface area contributed by atoms with Crippen molar-refractivity contribution in [3.8, 4) is 11.5 Å². The molecule has 0 atom stereocenters. The number of hydrogen-bond acceptors (Lipinski definition) is 10. The summed E-state index contributed by atoms with van der Waals surface area (Å²) in [4.78, 5) is 24.9. The van der Waals surface area contributed by atoms with Crippen LogP contribution in [-0.4, -0.2) is 60.5 Å². The highest BCUT2D eigenvalue weighted by atomic mass is 16.6. The first-order valence-corrected chi connectivity index (χ1v) is 13.3. The van der Waals surface area contributed by atoms with Gasteiger partial charge in [0.25, 0.3) is 5.69 Å². The molecule has 0 radical (unpaired) electrons. The Kier molecular flexibility index (Phi) is 8.35. The van der Waals surface area contributed by atoms with E-state index in [0.717, 1.165) is 69.0 Å². The van der Waals surface area contributed by atoms with Crippen LogP contribution in [0.25, 0.3) is 0 Å². The van der Waals surface area contributed by atoms with Gasteiger partial charge in [0.05, 0.1) is 11.1 Å². The van der Waals surface area contributed by atoms with Crippen LogP contribution in [0.1, 0.15) is 36.8 Å². The molecule has 0 amide bonds. The van der Waals surface area contributed by atoms with Gasteiger partial charge in [0.2, 0.25) is 5.95 Å². The Bertz CT molecular complexity index is 1270. The molecule has 2 fully saturated rings. The van der Waals surface area contributed by atoms with Crippen molar-refractivity contribution in [2.75, 3.05) is 54.6 Å². The zero-order valence-corrected chi connectivity index (χ0v) is 22.1. The van der Waals surface area contributed by atoms with E-state index >= 15 is 0 Å². The molecule has 5 rings (SSSR count). The summed E-state index contributed by atoms with van der Waals surface area (Å²) in [5.74, 6) is 3.38. The minimum absolute atomic E-state index is 0.0469. The molecule has 11 heteroatoms. The maximum absolute atomic E-state index is 11.4. The number of nitro groups is 1. The minimum Gasteiger partial charge on any atom is -0.490 e. The second kappa shape index (κ2) is 12.4. The summed E-state index contributed by atoms with van der Waals surface area (Å²) in [7, 11) is 0. The average molecular weight is 532 g/mol. The monoisotopic (exact) mass is 531 g/mol. The number of nitrogens with zero attached hydrogens (tertiary/aromatic N) is 6. The van der Waals surface area contributed by atoms with Gasteiger partial charge in [-0.1, -0.05) is 17.7 Å². The van der Waals surface area contributed by atoms with Crippen LogP contribution in [0.5, 0.6) is 11.5 Å².